The number of piperidine rings is 1. The van der Waals surface area contributed by atoms with Gasteiger partial charge in [0.25, 0.3) is 5.91 Å². The van der Waals surface area contributed by atoms with Crippen LogP contribution >= 0.6 is 0 Å². The Morgan fingerprint density at radius 3 is 2.76 bits per heavy atom. The summed E-state index contributed by atoms with van der Waals surface area (Å²) in [6.45, 7) is 1.70. The van der Waals surface area contributed by atoms with Gasteiger partial charge in [0.15, 0.2) is 0 Å². The summed E-state index contributed by atoms with van der Waals surface area (Å²) in [6.07, 6.45) is 5.41. The van der Waals surface area contributed by atoms with Crippen LogP contribution in [-0.2, 0) is 0 Å². The summed E-state index contributed by atoms with van der Waals surface area (Å²) in [4.78, 5) is 21.5. The molecule has 4 nitrogen and oxygen atoms in total. The van der Waals surface area contributed by atoms with Crippen molar-refractivity contribution in [2.45, 2.75) is 30.8 Å². The normalized spacial score (nSPS) is 26.5. The first-order valence-corrected chi connectivity index (χ1v) is 8.82. The Balaban J connectivity index is 1.67. The summed E-state index contributed by atoms with van der Waals surface area (Å²) in [7, 11) is 2.13. The van der Waals surface area contributed by atoms with Crippen LogP contribution in [-0.4, -0.2) is 52.9 Å². The van der Waals surface area contributed by atoms with E-state index >= 15 is 0 Å². The zero-order chi connectivity index (χ0) is 17.4. The number of hydrogen-bond donors (Lipinski definition) is 0. The average molecular weight is 339 g/mol. The molecule has 25 heavy (non-hydrogen) atoms. The van der Waals surface area contributed by atoms with E-state index in [1.165, 1.54) is 12.1 Å². The first-order valence-electron chi connectivity index (χ1n) is 8.82. The molecule has 3 heterocycles. The van der Waals surface area contributed by atoms with Crippen molar-refractivity contribution < 1.29 is 9.18 Å². The van der Waals surface area contributed by atoms with Gasteiger partial charge in [-0.15, -0.1) is 0 Å². The van der Waals surface area contributed by atoms with Crippen molar-refractivity contribution in [1.29, 1.82) is 0 Å². The summed E-state index contributed by atoms with van der Waals surface area (Å²) < 4.78 is 13.3. The number of likely N-dealkylation sites (N-methyl/N-ethyl adjacent to an activating group) is 1. The molecule has 0 saturated carbocycles. The predicted octanol–water partition coefficient (Wildman–Crippen LogP) is 2.92. The molecule has 0 spiro atoms. The van der Waals surface area contributed by atoms with E-state index < -0.39 is 0 Å². The Morgan fingerprint density at radius 1 is 1.24 bits per heavy atom. The third kappa shape index (κ3) is 2.93. The number of benzene rings is 1. The lowest BCUT2D eigenvalue weighted by atomic mass is 9.86. The molecule has 2 fully saturated rings. The van der Waals surface area contributed by atoms with Gasteiger partial charge in [-0.05, 0) is 56.3 Å². The van der Waals surface area contributed by atoms with Gasteiger partial charge in [-0.1, -0.05) is 12.1 Å². The summed E-state index contributed by atoms with van der Waals surface area (Å²) in [5.41, 5.74) is 1.74. The fourth-order valence-electron chi connectivity index (χ4n) is 4.44. The lowest BCUT2D eigenvalue weighted by Gasteiger charge is -2.39. The third-order valence-electron chi connectivity index (χ3n) is 5.59. The van der Waals surface area contributed by atoms with E-state index in [0.29, 0.717) is 12.1 Å². The molecule has 2 aromatic rings. The number of hydrogen-bond acceptors (Lipinski definition) is 3. The summed E-state index contributed by atoms with van der Waals surface area (Å²) >= 11 is 0. The SMILES string of the molecule is CN1CCC[C@@H]2[C@H]1[C@@H](c1ccc(F)cc1)CN2C(=O)c1cccnc1. The standard InChI is InChI=1S/C20H22FN3O/c1-23-11-3-5-18-19(23)17(14-6-8-16(21)9-7-14)13-24(18)20(25)15-4-2-10-22-12-15/h2,4,6-10,12,17-19H,3,5,11,13H2,1H3/t17-,18-,19-/m1/s1. The molecule has 1 aromatic carbocycles. The number of carbonyl (C=O) groups is 1. The van der Waals surface area contributed by atoms with E-state index in [4.69, 9.17) is 0 Å². The number of amides is 1. The lowest BCUT2D eigenvalue weighted by molar-refractivity contribution is 0.0628. The van der Waals surface area contributed by atoms with Gasteiger partial charge >= 0.3 is 0 Å². The molecule has 2 aliphatic rings. The Morgan fingerprint density at radius 2 is 2.04 bits per heavy atom. The largest absolute Gasteiger partial charge is 0.333 e. The van der Waals surface area contributed by atoms with Gasteiger partial charge in [0.1, 0.15) is 5.82 Å². The van der Waals surface area contributed by atoms with Crippen molar-refractivity contribution in [1.82, 2.24) is 14.8 Å². The van der Waals surface area contributed by atoms with E-state index in [2.05, 4.69) is 16.9 Å². The maximum atomic E-state index is 13.3. The van der Waals surface area contributed by atoms with Gasteiger partial charge in [0, 0.05) is 36.9 Å². The Hall–Kier alpha value is -2.27. The van der Waals surface area contributed by atoms with Gasteiger partial charge < -0.3 is 9.80 Å². The molecule has 130 valence electrons. The van der Waals surface area contributed by atoms with Gasteiger partial charge in [0.2, 0.25) is 0 Å². The molecular formula is C20H22FN3O. The number of aromatic nitrogens is 1. The number of nitrogens with zero attached hydrogens (tertiary/aromatic N) is 3. The van der Waals surface area contributed by atoms with Crippen molar-refractivity contribution in [2.75, 3.05) is 20.1 Å². The number of halogens is 1. The van der Waals surface area contributed by atoms with Gasteiger partial charge in [-0.2, -0.15) is 0 Å². The minimum Gasteiger partial charge on any atom is -0.333 e. The van der Waals surface area contributed by atoms with Crippen LogP contribution in [0.2, 0.25) is 0 Å². The van der Waals surface area contributed by atoms with Crippen LogP contribution in [0.3, 0.4) is 0 Å². The highest BCUT2D eigenvalue weighted by atomic mass is 19.1. The van der Waals surface area contributed by atoms with Gasteiger partial charge in [0.05, 0.1) is 5.56 Å². The smallest absolute Gasteiger partial charge is 0.255 e. The molecule has 5 heteroatoms. The molecule has 1 amide bonds. The molecule has 0 bridgehead atoms. The fraction of sp³-hybridized carbons (Fsp3) is 0.400. The molecule has 2 saturated heterocycles. The molecule has 0 unspecified atom stereocenters. The minimum absolute atomic E-state index is 0.0445. The second kappa shape index (κ2) is 6.56. The summed E-state index contributed by atoms with van der Waals surface area (Å²) in [5, 5.41) is 0. The van der Waals surface area contributed by atoms with E-state index in [1.807, 2.05) is 23.1 Å². The molecule has 0 radical (unpaired) electrons. The van der Waals surface area contributed by atoms with E-state index in [9.17, 15) is 9.18 Å². The van der Waals surface area contributed by atoms with Crippen molar-refractivity contribution in [3.05, 3.63) is 65.7 Å². The molecule has 0 aliphatic carbocycles. The van der Waals surface area contributed by atoms with Gasteiger partial charge in [-0.25, -0.2) is 4.39 Å². The maximum Gasteiger partial charge on any atom is 0.255 e. The number of rotatable bonds is 2. The zero-order valence-electron chi connectivity index (χ0n) is 14.3. The van der Waals surface area contributed by atoms with Crippen LogP contribution in [0.5, 0.6) is 0 Å². The van der Waals surface area contributed by atoms with E-state index in [0.717, 1.165) is 24.9 Å². The fourth-order valence-corrected chi connectivity index (χ4v) is 4.44. The molecule has 2 aliphatic heterocycles. The second-order valence-corrected chi connectivity index (χ2v) is 7.04. The van der Waals surface area contributed by atoms with Crippen LogP contribution in [0.15, 0.2) is 48.8 Å². The predicted molar refractivity (Wildman–Crippen MR) is 93.9 cm³/mol. The monoisotopic (exact) mass is 339 g/mol. The number of carbonyl (C=O) groups excluding carboxylic acids is 1. The molecule has 4 rings (SSSR count). The molecule has 0 N–H and O–H groups in total. The zero-order valence-corrected chi connectivity index (χ0v) is 14.3. The van der Waals surface area contributed by atoms with E-state index in [-0.39, 0.29) is 29.7 Å². The highest BCUT2D eigenvalue weighted by Crippen LogP contribution is 2.40. The molecule has 1 aromatic heterocycles. The summed E-state index contributed by atoms with van der Waals surface area (Å²) in [5.74, 6) is 0.0260. The first-order chi connectivity index (χ1) is 12.1. The Kier molecular flexibility index (Phi) is 4.25. The number of fused-ring (bicyclic) bond motifs is 1. The number of pyridine rings is 1. The molecular weight excluding hydrogens is 317 g/mol. The Labute approximate surface area is 147 Å². The lowest BCUT2D eigenvalue weighted by Crippen LogP contribution is -2.50. The molecule has 3 atom stereocenters. The van der Waals surface area contributed by atoms with Crippen LogP contribution in [0.25, 0.3) is 0 Å². The van der Waals surface area contributed by atoms with E-state index in [1.54, 1.807) is 18.5 Å². The highest BCUT2D eigenvalue weighted by Gasteiger charge is 2.47. The maximum absolute atomic E-state index is 13.3. The van der Waals surface area contributed by atoms with Crippen LogP contribution in [0.1, 0.15) is 34.7 Å². The number of likely N-dealkylation sites (tertiary alicyclic amines) is 2. The van der Waals surface area contributed by atoms with Crippen LogP contribution in [0, 0.1) is 5.82 Å². The minimum atomic E-state index is -0.224. The quantitative estimate of drug-likeness (QED) is 0.844. The second-order valence-electron chi connectivity index (χ2n) is 7.04. The van der Waals surface area contributed by atoms with Crippen LogP contribution < -0.4 is 0 Å². The highest BCUT2D eigenvalue weighted by molar-refractivity contribution is 5.94. The van der Waals surface area contributed by atoms with Crippen molar-refractivity contribution >= 4 is 5.91 Å². The van der Waals surface area contributed by atoms with Crippen molar-refractivity contribution in [3.8, 4) is 0 Å². The van der Waals surface area contributed by atoms with Crippen molar-refractivity contribution in [2.24, 2.45) is 0 Å². The average Bonchev–Trinajstić information content (AvgIpc) is 3.03. The third-order valence-corrected chi connectivity index (χ3v) is 5.59. The topological polar surface area (TPSA) is 36.4 Å². The van der Waals surface area contributed by atoms with Gasteiger partial charge in [-0.3, -0.25) is 9.78 Å². The first kappa shape index (κ1) is 16.2. The Bertz CT molecular complexity index is 749. The van der Waals surface area contributed by atoms with Crippen LogP contribution in [0.4, 0.5) is 4.39 Å². The summed E-state index contributed by atoms with van der Waals surface area (Å²) in [6, 6.07) is 10.8. The van der Waals surface area contributed by atoms with Crippen molar-refractivity contribution in [3.63, 3.8) is 0 Å².